The van der Waals surface area contributed by atoms with Crippen LogP contribution in [0, 0.1) is 5.92 Å². The molecule has 0 aliphatic rings. The first-order valence-corrected chi connectivity index (χ1v) is 11.6. The predicted molar refractivity (Wildman–Crippen MR) is 121 cm³/mol. The fraction of sp³-hybridized carbons (Fsp3) is 0.480. The molecule has 2 aromatic rings. The first kappa shape index (κ1) is 22.5. The van der Waals surface area contributed by atoms with E-state index in [4.69, 9.17) is 4.74 Å². The van der Waals surface area contributed by atoms with Gasteiger partial charge in [0, 0.05) is 10.6 Å². The predicted octanol–water partition coefficient (Wildman–Crippen LogP) is 7.16. The molecule has 152 valence electrons. The van der Waals surface area contributed by atoms with Crippen LogP contribution in [0.2, 0.25) is 0 Å². The van der Waals surface area contributed by atoms with Crippen molar-refractivity contribution in [3.8, 4) is 11.1 Å². The van der Waals surface area contributed by atoms with E-state index in [2.05, 4.69) is 63.2 Å². The van der Waals surface area contributed by atoms with Crippen LogP contribution in [0.3, 0.4) is 0 Å². The lowest BCUT2D eigenvalue weighted by Gasteiger charge is -2.14. The summed E-state index contributed by atoms with van der Waals surface area (Å²) in [4.78, 5) is 13.3. The Kier molecular flexibility index (Phi) is 10.2. The van der Waals surface area contributed by atoms with Crippen molar-refractivity contribution >= 4 is 17.7 Å². The molecule has 28 heavy (non-hydrogen) atoms. The molecule has 1 unspecified atom stereocenters. The van der Waals surface area contributed by atoms with E-state index in [0.29, 0.717) is 18.9 Å². The Morgan fingerprint density at radius 2 is 1.82 bits per heavy atom. The summed E-state index contributed by atoms with van der Waals surface area (Å²) in [5.74, 6) is 1.19. The minimum absolute atomic E-state index is 0.0719. The van der Waals surface area contributed by atoms with Crippen LogP contribution in [-0.4, -0.2) is 18.3 Å². The minimum atomic E-state index is -0.0719. The molecule has 2 rings (SSSR count). The maximum Gasteiger partial charge on any atom is 0.306 e. The minimum Gasteiger partial charge on any atom is -0.465 e. The molecule has 0 heterocycles. The molecule has 0 radical (unpaired) electrons. The largest absolute Gasteiger partial charge is 0.465 e. The molecule has 0 spiro atoms. The summed E-state index contributed by atoms with van der Waals surface area (Å²) < 4.78 is 5.52. The van der Waals surface area contributed by atoms with Crippen molar-refractivity contribution in [2.45, 2.75) is 64.2 Å². The van der Waals surface area contributed by atoms with E-state index in [-0.39, 0.29) is 5.97 Å². The lowest BCUT2D eigenvalue weighted by molar-refractivity contribution is -0.144. The molecule has 0 N–H and O–H groups in total. The standard InChI is InChI=1S/C25H34O2S/c1-4-7-11-20(5-2)19-27-25(26)14-15-28-24-17-21(6-3)16-23(18-24)22-12-9-8-10-13-22/h8-10,12-13,16-18,20H,4-7,11,14-15,19H2,1-3H3. The summed E-state index contributed by atoms with van der Waals surface area (Å²) in [7, 11) is 0. The van der Waals surface area contributed by atoms with Crippen molar-refractivity contribution in [1.82, 2.24) is 0 Å². The van der Waals surface area contributed by atoms with E-state index in [0.717, 1.165) is 25.0 Å². The molecule has 0 aliphatic carbocycles. The molecule has 0 saturated carbocycles. The quantitative estimate of drug-likeness (QED) is 0.280. The molecule has 0 aromatic heterocycles. The van der Waals surface area contributed by atoms with Crippen molar-refractivity contribution in [1.29, 1.82) is 0 Å². The van der Waals surface area contributed by atoms with Gasteiger partial charge in [0.2, 0.25) is 0 Å². The number of carbonyl (C=O) groups excluding carboxylic acids is 1. The molecular formula is C25H34O2S. The molecule has 0 fully saturated rings. The Morgan fingerprint density at radius 1 is 1.04 bits per heavy atom. The van der Waals surface area contributed by atoms with E-state index in [1.54, 1.807) is 11.8 Å². The molecule has 2 nitrogen and oxygen atoms in total. The number of ether oxygens (including phenoxy) is 1. The Bertz CT molecular complexity index is 712. The smallest absolute Gasteiger partial charge is 0.306 e. The van der Waals surface area contributed by atoms with Gasteiger partial charge in [-0.25, -0.2) is 0 Å². The van der Waals surface area contributed by atoms with Gasteiger partial charge < -0.3 is 4.74 Å². The number of thioether (sulfide) groups is 1. The van der Waals surface area contributed by atoms with E-state index in [1.165, 1.54) is 34.4 Å². The number of unbranched alkanes of at least 4 members (excludes halogenated alkanes) is 1. The number of hydrogen-bond donors (Lipinski definition) is 0. The van der Waals surface area contributed by atoms with Gasteiger partial charge >= 0.3 is 5.97 Å². The first-order chi connectivity index (χ1) is 13.7. The fourth-order valence-corrected chi connectivity index (χ4v) is 4.13. The average molecular weight is 399 g/mol. The second-order valence-electron chi connectivity index (χ2n) is 7.28. The third-order valence-electron chi connectivity index (χ3n) is 5.08. The lowest BCUT2D eigenvalue weighted by atomic mass is 10.0. The highest BCUT2D eigenvalue weighted by Gasteiger charge is 2.10. The highest BCUT2D eigenvalue weighted by atomic mass is 32.2. The highest BCUT2D eigenvalue weighted by Crippen LogP contribution is 2.28. The summed E-state index contributed by atoms with van der Waals surface area (Å²) >= 11 is 1.74. The van der Waals surface area contributed by atoms with Crippen LogP contribution in [0.1, 0.15) is 58.4 Å². The SMILES string of the molecule is CCCCC(CC)COC(=O)CCSc1cc(CC)cc(-c2ccccc2)c1. The van der Waals surface area contributed by atoms with E-state index >= 15 is 0 Å². The van der Waals surface area contributed by atoms with Crippen LogP contribution >= 0.6 is 11.8 Å². The number of esters is 1. The maximum atomic E-state index is 12.1. The highest BCUT2D eigenvalue weighted by molar-refractivity contribution is 7.99. The third kappa shape index (κ3) is 7.71. The molecule has 3 heteroatoms. The maximum absolute atomic E-state index is 12.1. The topological polar surface area (TPSA) is 26.3 Å². The summed E-state index contributed by atoms with van der Waals surface area (Å²) in [6.45, 7) is 7.13. The van der Waals surface area contributed by atoms with Gasteiger partial charge in [-0.2, -0.15) is 0 Å². The molecular weight excluding hydrogens is 364 g/mol. The Balaban J connectivity index is 1.86. The number of aryl methyl sites for hydroxylation is 1. The molecule has 0 aliphatic heterocycles. The van der Waals surface area contributed by atoms with Crippen molar-refractivity contribution in [2.24, 2.45) is 5.92 Å². The van der Waals surface area contributed by atoms with Crippen LogP contribution in [0.15, 0.2) is 53.4 Å². The van der Waals surface area contributed by atoms with Crippen LogP contribution in [0.25, 0.3) is 11.1 Å². The van der Waals surface area contributed by atoms with Gasteiger partial charge in [0.05, 0.1) is 13.0 Å². The van der Waals surface area contributed by atoms with Crippen molar-refractivity contribution in [3.05, 3.63) is 54.1 Å². The number of rotatable bonds is 12. The van der Waals surface area contributed by atoms with Gasteiger partial charge in [-0.05, 0) is 47.6 Å². The van der Waals surface area contributed by atoms with Crippen molar-refractivity contribution in [2.75, 3.05) is 12.4 Å². The Morgan fingerprint density at radius 3 is 2.50 bits per heavy atom. The zero-order valence-corrected chi connectivity index (χ0v) is 18.4. The number of carbonyl (C=O) groups is 1. The van der Waals surface area contributed by atoms with Gasteiger partial charge in [0.15, 0.2) is 0 Å². The van der Waals surface area contributed by atoms with Crippen molar-refractivity contribution in [3.63, 3.8) is 0 Å². The van der Waals surface area contributed by atoms with Gasteiger partial charge in [-0.1, -0.05) is 76.4 Å². The summed E-state index contributed by atoms with van der Waals surface area (Å²) in [5.41, 5.74) is 3.80. The second kappa shape index (κ2) is 12.7. The van der Waals surface area contributed by atoms with Crippen molar-refractivity contribution < 1.29 is 9.53 Å². The summed E-state index contributed by atoms with van der Waals surface area (Å²) in [6.07, 6.45) is 6.11. The zero-order valence-electron chi connectivity index (χ0n) is 17.6. The zero-order chi connectivity index (χ0) is 20.2. The normalized spacial score (nSPS) is 12.0. The van der Waals surface area contributed by atoms with Crippen LogP contribution in [-0.2, 0) is 16.0 Å². The summed E-state index contributed by atoms with van der Waals surface area (Å²) in [5, 5.41) is 0. The fourth-order valence-electron chi connectivity index (χ4n) is 3.18. The summed E-state index contributed by atoms with van der Waals surface area (Å²) in [6, 6.07) is 17.2. The first-order valence-electron chi connectivity index (χ1n) is 10.6. The third-order valence-corrected chi connectivity index (χ3v) is 6.06. The van der Waals surface area contributed by atoms with Gasteiger partial charge in [-0.3, -0.25) is 4.79 Å². The molecule has 2 aromatic carbocycles. The van der Waals surface area contributed by atoms with Crippen LogP contribution in [0.5, 0.6) is 0 Å². The van der Waals surface area contributed by atoms with Gasteiger partial charge in [-0.15, -0.1) is 11.8 Å². The van der Waals surface area contributed by atoms with E-state index in [1.807, 2.05) is 6.07 Å². The molecule has 1 atom stereocenters. The Labute approximate surface area is 175 Å². The van der Waals surface area contributed by atoms with Gasteiger partial charge in [0.25, 0.3) is 0 Å². The monoisotopic (exact) mass is 398 g/mol. The van der Waals surface area contributed by atoms with E-state index in [9.17, 15) is 4.79 Å². The van der Waals surface area contributed by atoms with Gasteiger partial charge in [0.1, 0.15) is 0 Å². The molecule has 0 bridgehead atoms. The lowest BCUT2D eigenvalue weighted by Crippen LogP contribution is -2.14. The molecule has 0 amide bonds. The second-order valence-corrected chi connectivity index (χ2v) is 8.45. The average Bonchev–Trinajstić information content (AvgIpc) is 2.74. The molecule has 0 saturated heterocycles. The van der Waals surface area contributed by atoms with Crippen LogP contribution < -0.4 is 0 Å². The number of hydrogen-bond acceptors (Lipinski definition) is 3. The Hall–Kier alpha value is -1.74. The van der Waals surface area contributed by atoms with E-state index < -0.39 is 0 Å². The number of benzene rings is 2. The van der Waals surface area contributed by atoms with Crippen LogP contribution in [0.4, 0.5) is 0 Å².